The normalized spacial score (nSPS) is 20.8. The van der Waals surface area contributed by atoms with Gasteiger partial charge in [-0.15, -0.1) is 0 Å². The molecule has 1 amide bonds. The summed E-state index contributed by atoms with van der Waals surface area (Å²) in [7, 11) is -2.86. The maximum Gasteiger partial charge on any atom is 0.351 e. The van der Waals surface area contributed by atoms with Crippen LogP contribution >= 0.6 is 0 Å². The highest BCUT2D eigenvalue weighted by Crippen LogP contribution is 2.40. The maximum atomic E-state index is 13.0. The number of aromatic nitrogens is 2. The number of aliphatic hydroxyl groups is 1. The lowest BCUT2D eigenvalue weighted by atomic mass is 9.98. The molecular formula is C33H37N3O5Si. The largest absolute Gasteiger partial charge is 0.405 e. The van der Waals surface area contributed by atoms with Crippen LogP contribution in [0.4, 0.5) is 5.82 Å². The fourth-order valence-corrected chi connectivity index (χ4v) is 10.3. The zero-order chi connectivity index (χ0) is 30.0. The monoisotopic (exact) mass is 583 g/mol. The van der Waals surface area contributed by atoms with Crippen molar-refractivity contribution in [2.45, 2.75) is 57.1 Å². The van der Waals surface area contributed by atoms with Crippen molar-refractivity contribution >= 4 is 30.4 Å². The first-order chi connectivity index (χ1) is 20.0. The molecular weight excluding hydrogens is 546 g/mol. The van der Waals surface area contributed by atoms with E-state index in [4.69, 9.17) is 9.16 Å². The Bertz CT molecular complexity index is 1530. The Kier molecular flexibility index (Phi) is 8.29. The minimum atomic E-state index is -2.86. The Hall–Kier alpha value is -3.89. The zero-order valence-corrected chi connectivity index (χ0v) is 25.4. The van der Waals surface area contributed by atoms with Crippen molar-refractivity contribution < 1.29 is 19.1 Å². The summed E-state index contributed by atoms with van der Waals surface area (Å²) in [6.07, 6.45) is 0.279. The number of amides is 1. The number of carbonyl (C=O) groups excluding carboxylic acids is 1. The maximum absolute atomic E-state index is 13.0. The number of nitrogens with zero attached hydrogens (tertiary/aromatic N) is 2. The number of hydrogen-bond acceptors (Lipinski definition) is 6. The number of hydrogen-bond donors (Lipinski definition) is 2. The van der Waals surface area contributed by atoms with Gasteiger partial charge in [0.1, 0.15) is 18.1 Å². The predicted octanol–water partition coefficient (Wildman–Crippen LogP) is 4.11. The first kappa shape index (κ1) is 29.6. The number of ether oxygens (including phenoxy) is 1. The van der Waals surface area contributed by atoms with E-state index in [0.29, 0.717) is 5.56 Å². The van der Waals surface area contributed by atoms with Crippen molar-refractivity contribution in [1.29, 1.82) is 0 Å². The van der Waals surface area contributed by atoms with Crippen molar-refractivity contribution in [2.24, 2.45) is 0 Å². The molecule has 1 saturated heterocycles. The van der Waals surface area contributed by atoms with Gasteiger partial charge in [0, 0.05) is 18.2 Å². The van der Waals surface area contributed by atoms with Gasteiger partial charge in [-0.2, -0.15) is 4.98 Å². The van der Waals surface area contributed by atoms with Gasteiger partial charge in [-0.25, -0.2) is 4.79 Å². The number of benzene rings is 3. The summed E-state index contributed by atoms with van der Waals surface area (Å²) in [5.41, 5.74) is -1.38. The van der Waals surface area contributed by atoms with Crippen LogP contribution in [0.2, 0.25) is 5.04 Å². The highest BCUT2D eigenvalue weighted by Gasteiger charge is 2.52. The summed E-state index contributed by atoms with van der Waals surface area (Å²) in [6.45, 7) is 8.43. The Morgan fingerprint density at radius 1 is 1.00 bits per heavy atom. The molecule has 1 aliphatic rings. The van der Waals surface area contributed by atoms with Crippen molar-refractivity contribution in [3.63, 3.8) is 0 Å². The summed E-state index contributed by atoms with van der Waals surface area (Å²) >= 11 is 0. The van der Waals surface area contributed by atoms with Crippen LogP contribution in [-0.4, -0.2) is 47.2 Å². The van der Waals surface area contributed by atoms with Gasteiger partial charge in [0.05, 0.1) is 12.2 Å². The van der Waals surface area contributed by atoms with Crippen LogP contribution in [0.1, 0.15) is 50.7 Å². The lowest BCUT2D eigenvalue weighted by Gasteiger charge is -2.44. The van der Waals surface area contributed by atoms with Crippen LogP contribution < -0.4 is 21.4 Å². The molecule has 42 heavy (non-hydrogen) atoms. The Labute approximate surface area is 247 Å². The molecule has 5 rings (SSSR count). The van der Waals surface area contributed by atoms with E-state index in [1.54, 1.807) is 37.3 Å². The lowest BCUT2D eigenvalue weighted by molar-refractivity contribution is -0.0722. The molecule has 9 heteroatoms. The molecule has 1 fully saturated rings. The first-order valence-electron chi connectivity index (χ1n) is 14.1. The van der Waals surface area contributed by atoms with E-state index in [0.717, 1.165) is 10.4 Å². The second-order valence-electron chi connectivity index (χ2n) is 11.9. The van der Waals surface area contributed by atoms with Crippen LogP contribution in [0.5, 0.6) is 0 Å². The van der Waals surface area contributed by atoms with Crippen molar-refractivity contribution in [3.8, 4) is 0 Å². The standard InChI is InChI=1S/C33H37N3O5Si/c1-32(2,3)42(25-16-10-6-11-17-25,26-18-12-7-13-19-26)40-23-27-33(4,39)22-29(41-27)36-21-20-28(35-31(36)38)34-30(37)24-14-8-5-9-15-24/h5-21,27,29,39H,22-23H2,1-4H3,(H,34,35,37,38)/t27-,29-,33-/m1/s1. The predicted molar refractivity (Wildman–Crippen MR) is 166 cm³/mol. The smallest absolute Gasteiger partial charge is 0.351 e. The molecule has 0 aliphatic carbocycles. The van der Waals surface area contributed by atoms with Gasteiger partial charge in [0.25, 0.3) is 14.2 Å². The molecule has 0 bridgehead atoms. The molecule has 1 aliphatic heterocycles. The van der Waals surface area contributed by atoms with E-state index in [2.05, 4.69) is 55.3 Å². The zero-order valence-electron chi connectivity index (χ0n) is 24.4. The fraction of sp³-hybridized carbons (Fsp3) is 0.303. The molecule has 4 aromatic rings. The van der Waals surface area contributed by atoms with Crippen LogP contribution in [0.25, 0.3) is 0 Å². The van der Waals surface area contributed by atoms with E-state index in [1.165, 1.54) is 10.8 Å². The third kappa shape index (κ3) is 5.87. The highest BCUT2D eigenvalue weighted by atomic mass is 28.4. The second kappa shape index (κ2) is 11.8. The van der Waals surface area contributed by atoms with E-state index in [-0.39, 0.29) is 29.8 Å². The van der Waals surface area contributed by atoms with Gasteiger partial charge in [-0.3, -0.25) is 9.36 Å². The molecule has 1 aromatic heterocycles. The fourth-order valence-electron chi connectivity index (χ4n) is 5.69. The quantitative estimate of drug-likeness (QED) is 0.303. The number of rotatable bonds is 8. The Morgan fingerprint density at radius 3 is 2.07 bits per heavy atom. The van der Waals surface area contributed by atoms with Crippen molar-refractivity contribution in [3.05, 3.63) is 119 Å². The average Bonchev–Trinajstić information content (AvgIpc) is 3.27. The molecule has 2 heterocycles. The summed E-state index contributed by atoms with van der Waals surface area (Å²) < 4.78 is 14.6. The summed E-state index contributed by atoms with van der Waals surface area (Å²) in [5, 5.41) is 16.1. The topological polar surface area (TPSA) is 103 Å². The number of carbonyl (C=O) groups is 1. The van der Waals surface area contributed by atoms with Crippen molar-refractivity contribution in [1.82, 2.24) is 9.55 Å². The molecule has 0 unspecified atom stereocenters. The van der Waals surface area contributed by atoms with Gasteiger partial charge < -0.3 is 19.6 Å². The van der Waals surface area contributed by atoms with Gasteiger partial charge in [-0.05, 0) is 40.5 Å². The molecule has 0 radical (unpaired) electrons. The molecule has 8 nitrogen and oxygen atoms in total. The van der Waals surface area contributed by atoms with E-state index in [9.17, 15) is 14.7 Å². The minimum Gasteiger partial charge on any atom is -0.405 e. The first-order valence-corrected chi connectivity index (χ1v) is 16.0. The molecule has 0 saturated carbocycles. The van der Waals surface area contributed by atoms with Crippen LogP contribution in [0.3, 0.4) is 0 Å². The minimum absolute atomic E-state index is 0.140. The lowest BCUT2D eigenvalue weighted by Crippen LogP contribution is -2.67. The summed E-state index contributed by atoms with van der Waals surface area (Å²) in [4.78, 5) is 29.5. The summed E-state index contributed by atoms with van der Waals surface area (Å²) in [5.74, 6) is -0.220. The van der Waals surface area contributed by atoms with Crippen LogP contribution in [-0.2, 0) is 9.16 Å². The van der Waals surface area contributed by atoms with Gasteiger partial charge in [0.2, 0.25) is 0 Å². The third-order valence-corrected chi connectivity index (χ3v) is 12.9. The SMILES string of the molecule is CC(C)(C)[Si](OC[C@H]1O[C@@H](n2ccc(NC(=O)c3ccccc3)nc2=O)C[C@@]1(C)O)(c1ccccc1)c1ccccc1. The van der Waals surface area contributed by atoms with Gasteiger partial charge in [0.15, 0.2) is 0 Å². The Morgan fingerprint density at radius 2 is 1.55 bits per heavy atom. The summed E-state index contributed by atoms with van der Waals surface area (Å²) in [6, 6.07) is 30.8. The second-order valence-corrected chi connectivity index (χ2v) is 16.2. The number of nitrogens with one attached hydrogen (secondary N) is 1. The molecule has 3 atom stereocenters. The highest BCUT2D eigenvalue weighted by molar-refractivity contribution is 6.99. The van der Waals surface area contributed by atoms with E-state index in [1.807, 2.05) is 42.5 Å². The van der Waals surface area contributed by atoms with Gasteiger partial charge in [-0.1, -0.05) is 99.6 Å². The van der Waals surface area contributed by atoms with E-state index >= 15 is 0 Å². The molecule has 3 aromatic carbocycles. The Balaban J connectivity index is 1.37. The van der Waals surface area contributed by atoms with Crippen LogP contribution in [0, 0.1) is 0 Å². The van der Waals surface area contributed by atoms with Crippen molar-refractivity contribution in [2.75, 3.05) is 11.9 Å². The van der Waals surface area contributed by atoms with Crippen LogP contribution in [0.15, 0.2) is 108 Å². The third-order valence-electron chi connectivity index (χ3n) is 7.89. The average molecular weight is 584 g/mol. The molecule has 218 valence electrons. The van der Waals surface area contributed by atoms with E-state index < -0.39 is 31.9 Å². The molecule has 2 N–H and O–H groups in total. The molecule has 0 spiro atoms. The van der Waals surface area contributed by atoms with Gasteiger partial charge >= 0.3 is 5.69 Å². The number of anilines is 1.